The molecule has 148 valence electrons. The van der Waals surface area contributed by atoms with E-state index < -0.39 is 0 Å². The molecule has 0 atom stereocenters. The van der Waals surface area contributed by atoms with Crippen LogP contribution in [0.2, 0.25) is 5.02 Å². The summed E-state index contributed by atoms with van der Waals surface area (Å²) >= 11 is 6.08. The van der Waals surface area contributed by atoms with E-state index in [0.717, 1.165) is 27.6 Å². The predicted molar refractivity (Wildman–Crippen MR) is 113 cm³/mol. The first kappa shape index (κ1) is 19.3. The van der Waals surface area contributed by atoms with Gasteiger partial charge in [-0.3, -0.25) is 4.79 Å². The molecule has 4 aromatic rings. The standard InChI is InChI=1S/C23H20ClNO4/c1-2-27-23(26)4-3-11-28-18-9-6-16-12-22(29-21(16)14-18)19-10-7-15-5-8-17(24)13-20(15)25-19/h5-10,12-14H,2-4,11H2,1H3. The van der Waals surface area contributed by atoms with E-state index in [1.54, 1.807) is 6.92 Å². The molecule has 29 heavy (non-hydrogen) atoms. The first-order valence-corrected chi connectivity index (χ1v) is 9.89. The van der Waals surface area contributed by atoms with Gasteiger partial charge in [0.25, 0.3) is 0 Å². The molecular formula is C23H20ClNO4. The fourth-order valence-electron chi connectivity index (χ4n) is 3.09. The Kier molecular flexibility index (Phi) is 5.67. The number of rotatable bonds is 7. The number of carbonyl (C=O) groups is 1. The minimum absolute atomic E-state index is 0.202. The minimum Gasteiger partial charge on any atom is -0.493 e. The topological polar surface area (TPSA) is 61.6 Å². The maximum Gasteiger partial charge on any atom is 0.305 e. The van der Waals surface area contributed by atoms with Crippen LogP contribution in [0.1, 0.15) is 19.8 Å². The number of nitrogens with zero attached hydrogens (tertiary/aromatic N) is 1. The third-order valence-corrected chi connectivity index (χ3v) is 4.73. The second-order valence-electron chi connectivity index (χ2n) is 6.60. The summed E-state index contributed by atoms with van der Waals surface area (Å²) in [5.74, 6) is 1.17. The smallest absolute Gasteiger partial charge is 0.305 e. The number of aromatic nitrogens is 1. The highest BCUT2D eigenvalue weighted by atomic mass is 35.5. The normalized spacial score (nSPS) is 11.1. The molecule has 0 amide bonds. The van der Waals surface area contributed by atoms with Crippen molar-refractivity contribution >= 4 is 39.4 Å². The summed E-state index contributed by atoms with van der Waals surface area (Å²) in [6.45, 7) is 2.63. The maximum atomic E-state index is 11.4. The van der Waals surface area contributed by atoms with Crippen molar-refractivity contribution in [3.05, 3.63) is 59.6 Å². The van der Waals surface area contributed by atoms with E-state index in [-0.39, 0.29) is 5.97 Å². The van der Waals surface area contributed by atoms with Gasteiger partial charge in [-0.05, 0) is 49.7 Å². The fraction of sp³-hybridized carbons (Fsp3) is 0.217. The lowest BCUT2D eigenvalue weighted by atomic mass is 10.2. The highest BCUT2D eigenvalue weighted by molar-refractivity contribution is 6.31. The summed E-state index contributed by atoms with van der Waals surface area (Å²) in [6.07, 6.45) is 0.947. The van der Waals surface area contributed by atoms with Gasteiger partial charge < -0.3 is 13.9 Å². The van der Waals surface area contributed by atoms with Crippen molar-refractivity contribution in [3.8, 4) is 17.2 Å². The van der Waals surface area contributed by atoms with Crippen LogP contribution in [0.3, 0.4) is 0 Å². The molecule has 0 aliphatic rings. The van der Waals surface area contributed by atoms with Crippen LogP contribution in [0.25, 0.3) is 33.3 Å². The Morgan fingerprint density at radius 1 is 1.07 bits per heavy atom. The molecule has 0 spiro atoms. The van der Waals surface area contributed by atoms with E-state index >= 15 is 0 Å². The Bertz CT molecular complexity index is 1170. The van der Waals surface area contributed by atoms with Crippen LogP contribution in [0.5, 0.6) is 5.75 Å². The highest BCUT2D eigenvalue weighted by Crippen LogP contribution is 2.30. The Morgan fingerprint density at radius 2 is 1.90 bits per heavy atom. The average molecular weight is 410 g/mol. The molecule has 4 rings (SSSR count). The molecule has 0 radical (unpaired) electrons. The van der Waals surface area contributed by atoms with Crippen molar-refractivity contribution in [2.24, 2.45) is 0 Å². The van der Waals surface area contributed by atoms with Gasteiger partial charge in [0.05, 0.1) is 18.7 Å². The lowest BCUT2D eigenvalue weighted by Gasteiger charge is -2.05. The quantitative estimate of drug-likeness (QED) is 0.276. The summed E-state index contributed by atoms with van der Waals surface area (Å²) in [6, 6.07) is 17.2. The largest absolute Gasteiger partial charge is 0.493 e. The molecule has 0 aliphatic heterocycles. The van der Waals surface area contributed by atoms with Crippen LogP contribution in [0.15, 0.2) is 59.0 Å². The number of ether oxygens (including phenoxy) is 2. The molecular weight excluding hydrogens is 390 g/mol. The highest BCUT2D eigenvalue weighted by Gasteiger charge is 2.10. The molecule has 0 fully saturated rings. The summed E-state index contributed by atoms with van der Waals surface area (Å²) < 4.78 is 16.6. The van der Waals surface area contributed by atoms with E-state index in [1.165, 1.54) is 0 Å². The Morgan fingerprint density at radius 3 is 2.76 bits per heavy atom. The number of hydrogen-bond acceptors (Lipinski definition) is 5. The molecule has 0 saturated carbocycles. The second kappa shape index (κ2) is 8.53. The van der Waals surface area contributed by atoms with Crippen LogP contribution in [0.4, 0.5) is 0 Å². The van der Waals surface area contributed by atoms with Gasteiger partial charge in [0.15, 0.2) is 5.76 Å². The lowest BCUT2D eigenvalue weighted by molar-refractivity contribution is -0.143. The van der Waals surface area contributed by atoms with Gasteiger partial charge in [-0.1, -0.05) is 23.7 Å². The van der Waals surface area contributed by atoms with Gasteiger partial charge in [-0.25, -0.2) is 4.98 Å². The SMILES string of the molecule is CCOC(=O)CCCOc1ccc2cc(-c3ccc4ccc(Cl)cc4n3)oc2c1. The van der Waals surface area contributed by atoms with Crippen molar-refractivity contribution in [1.82, 2.24) is 4.98 Å². The zero-order valence-electron chi connectivity index (χ0n) is 16.0. The molecule has 2 heterocycles. The summed E-state index contributed by atoms with van der Waals surface area (Å²) in [7, 11) is 0. The first-order valence-electron chi connectivity index (χ1n) is 9.51. The molecule has 0 aliphatic carbocycles. The van der Waals surface area contributed by atoms with Crippen LogP contribution in [0, 0.1) is 0 Å². The third-order valence-electron chi connectivity index (χ3n) is 4.50. The van der Waals surface area contributed by atoms with Gasteiger partial charge >= 0.3 is 5.97 Å². The number of pyridine rings is 1. The average Bonchev–Trinajstić information content (AvgIpc) is 3.14. The molecule has 0 bridgehead atoms. The molecule has 2 aromatic carbocycles. The van der Waals surface area contributed by atoms with E-state index in [9.17, 15) is 4.79 Å². The number of carbonyl (C=O) groups excluding carboxylic acids is 1. The third kappa shape index (κ3) is 4.51. The van der Waals surface area contributed by atoms with Crippen molar-refractivity contribution in [2.75, 3.05) is 13.2 Å². The number of esters is 1. The molecule has 0 unspecified atom stereocenters. The maximum absolute atomic E-state index is 11.4. The van der Waals surface area contributed by atoms with Crippen LogP contribution >= 0.6 is 11.6 Å². The van der Waals surface area contributed by atoms with Crippen molar-refractivity contribution < 1.29 is 18.7 Å². The molecule has 5 nitrogen and oxygen atoms in total. The van der Waals surface area contributed by atoms with Crippen LogP contribution < -0.4 is 4.74 Å². The van der Waals surface area contributed by atoms with Gasteiger partial charge in [0.1, 0.15) is 17.0 Å². The number of furan rings is 1. The van der Waals surface area contributed by atoms with Crippen LogP contribution in [-0.2, 0) is 9.53 Å². The Balaban J connectivity index is 1.49. The van der Waals surface area contributed by atoms with E-state index in [2.05, 4.69) is 4.98 Å². The van der Waals surface area contributed by atoms with Crippen molar-refractivity contribution in [1.29, 1.82) is 0 Å². The van der Waals surface area contributed by atoms with Crippen molar-refractivity contribution in [3.63, 3.8) is 0 Å². The van der Waals surface area contributed by atoms with E-state index in [0.29, 0.717) is 42.6 Å². The summed E-state index contributed by atoms with van der Waals surface area (Å²) in [5, 5.41) is 2.64. The minimum atomic E-state index is -0.202. The molecule has 6 heteroatoms. The number of hydrogen-bond donors (Lipinski definition) is 0. The Hall–Kier alpha value is -3.05. The number of fused-ring (bicyclic) bond motifs is 2. The zero-order valence-corrected chi connectivity index (χ0v) is 16.7. The fourth-order valence-corrected chi connectivity index (χ4v) is 3.26. The molecule has 0 N–H and O–H groups in total. The number of benzene rings is 2. The summed E-state index contributed by atoms with van der Waals surface area (Å²) in [5.41, 5.74) is 2.28. The van der Waals surface area contributed by atoms with Gasteiger partial charge in [0, 0.05) is 28.3 Å². The first-order chi connectivity index (χ1) is 14.1. The predicted octanol–water partition coefficient (Wildman–Crippen LogP) is 6.02. The van der Waals surface area contributed by atoms with Gasteiger partial charge in [-0.15, -0.1) is 0 Å². The van der Waals surface area contributed by atoms with Gasteiger partial charge in [0.2, 0.25) is 0 Å². The molecule has 0 saturated heterocycles. The van der Waals surface area contributed by atoms with Crippen molar-refractivity contribution in [2.45, 2.75) is 19.8 Å². The Labute approximate surface area is 173 Å². The summed E-state index contributed by atoms with van der Waals surface area (Å²) in [4.78, 5) is 16.0. The monoisotopic (exact) mass is 409 g/mol. The number of halogens is 1. The van der Waals surface area contributed by atoms with Crippen LogP contribution in [-0.4, -0.2) is 24.2 Å². The van der Waals surface area contributed by atoms with E-state index in [4.69, 9.17) is 25.5 Å². The lowest BCUT2D eigenvalue weighted by Crippen LogP contribution is -2.06. The van der Waals surface area contributed by atoms with E-state index in [1.807, 2.05) is 54.6 Å². The zero-order chi connectivity index (χ0) is 20.2. The van der Waals surface area contributed by atoms with Gasteiger partial charge in [-0.2, -0.15) is 0 Å². The second-order valence-corrected chi connectivity index (χ2v) is 7.04. The molecule has 2 aromatic heterocycles.